The molecule has 0 aromatic heterocycles. The molecule has 1 aromatic carbocycles. The Balaban J connectivity index is 3.38. The summed E-state index contributed by atoms with van der Waals surface area (Å²) in [4.78, 5) is 33.2. The fraction of sp³-hybridized carbons (Fsp3) is 0.333. The molecule has 21 heavy (non-hydrogen) atoms. The van der Waals surface area contributed by atoms with Gasteiger partial charge in [0.25, 0.3) is 5.91 Å². The van der Waals surface area contributed by atoms with Crippen LogP contribution in [0.3, 0.4) is 0 Å². The molecule has 1 N–H and O–H groups in total. The third-order valence-electron chi connectivity index (χ3n) is 3.11. The molecule has 0 bridgehead atoms. The van der Waals surface area contributed by atoms with Crippen LogP contribution in [-0.2, 0) is 4.79 Å². The second kappa shape index (κ2) is 5.43. The van der Waals surface area contributed by atoms with Crippen molar-refractivity contribution in [2.45, 2.75) is 19.4 Å². The maximum absolute atomic E-state index is 13.9. The number of carboxylic acids is 1. The topological polar surface area (TPSA) is 101 Å². The fourth-order valence-electron chi connectivity index (χ4n) is 1.44. The second-order valence-corrected chi connectivity index (χ2v) is 4.77. The highest BCUT2D eigenvalue weighted by atomic mass is 19.1. The number of carbonyl (C=O) groups is 2. The van der Waals surface area contributed by atoms with E-state index < -0.39 is 45.2 Å². The van der Waals surface area contributed by atoms with Gasteiger partial charge < -0.3 is 10.0 Å². The largest absolute Gasteiger partial charge is 0.480 e. The van der Waals surface area contributed by atoms with E-state index in [0.717, 1.165) is 7.05 Å². The van der Waals surface area contributed by atoms with Crippen LogP contribution in [-0.4, -0.2) is 39.4 Å². The van der Waals surface area contributed by atoms with Crippen LogP contribution >= 0.6 is 0 Å². The maximum Gasteiger partial charge on any atom is 0.329 e. The summed E-state index contributed by atoms with van der Waals surface area (Å²) in [6.45, 7) is 2.36. The molecule has 0 radical (unpaired) electrons. The van der Waals surface area contributed by atoms with Gasteiger partial charge in [-0.1, -0.05) is 0 Å². The highest BCUT2D eigenvalue weighted by Gasteiger charge is 2.37. The van der Waals surface area contributed by atoms with Crippen LogP contribution in [0, 0.1) is 21.7 Å². The molecule has 0 heterocycles. The summed E-state index contributed by atoms with van der Waals surface area (Å²) in [5.74, 6) is -5.24. The average Bonchev–Trinajstić information content (AvgIpc) is 2.38. The number of halogens is 2. The molecule has 0 saturated heterocycles. The highest BCUT2D eigenvalue weighted by molar-refractivity contribution is 5.98. The first kappa shape index (κ1) is 16.5. The molecule has 9 heteroatoms. The number of amides is 1. The predicted octanol–water partition coefficient (Wildman–Crippen LogP) is 1.81. The quantitative estimate of drug-likeness (QED) is 0.675. The average molecular weight is 302 g/mol. The van der Waals surface area contributed by atoms with E-state index in [0.29, 0.717) is 17.0 Å². The van der Waals surface area contributed by atoms with Gasteiger partial charge in [-0.25, -0.2) is 9.18 Å². The summed E-state index contributed by atoms with van der Waals surface area (Å²) in [7, 11) is 1.08. The Kier molecular flexibility index (Phi) is 4.26. The third kappa shape index (κ3) is 2.96. The first-order valence-corrected chi connectivity index (χ1v) is 5.65. The van der Waals surface area contributed by atoms with Gasteiger partial charge in [-0.05, 0) is 19.9 Å². The Bertz CT molecular complexity index is 630. The number of nitro groups is 1. The molecule has 0 fully saturated rings. The number of aliphatic carboxylic acids is 1. The van der Waals surface area contributed by atoms with Crippen molar-refractivity contribution in [1.29, 1.82) is 0 Å². The van der Waals surface area contributed by atoms with Crippen LogP contribution in [0.5, 0.6) is 0 Å². The summed E-state index contributed by atoms with van der Waals surface area (Å²) >= 11 is 0. The van der Waals surface area contributed by atoms with Crippen LogP contribution in [0.2, 0.25) is 0 Å². The Morgan fingerprint density at radius 2 is 1.86 bits per heavy atom. The molecule has 1 rings (SSSR count). The molecule has 1 aromatic rings. The fourth-order valence-corrected chi connectivity index (χ4v) is 1.44. The number of carboxylic acid groups (broad SMARTS) is 1. The van der Waals surface area contributed by atoms with E-state index in [1.54, 1.807) is 0 Å². The number of rotatable bonds is 4. The van der Waals surface area contributed by atoms with Gasteiger partial charge in [-0.15, -0.1) is 0 Å². The van der Waals surface area contributed by atoms with E-state index >= 15 is 0 Å². The van der Waals surface area contributed by atoms with Gasteiger partial charge in [0.05, 0.1) is 16.6 Å². The van der Waals surface area contributed by atoms with Crippen molar-refractivity contribution in [3.8, 4) is 0 Å². The number of nitrogens with zero attached hydrogens (tertiary/aromatic N) is 2. The van der Waals surface area contributed by atoms with Gasteiger partial charge in [0, 0.05) is 7.05 Å². The number of likely N-dealkylation sites (N-methyl/N-ethyl adjacent to an activating group) is 1. The smallest absolute Gasteiger partial charge is 0.329 e. The van der Waals surface area contributed by atoms with Crippen LogP contribution in [0.15, 0.2) is 12.1 Å². The highest BCUT2D eigenvalue weighted by Crippen LogP contribution is 2.25. The minimum atomic E-state index is -1.70. The molecule has 114 valence electrons. The summed E-state index contributed by atoms with van der Waals surface area (Å²) in [5.41, 5.74) is -3.80. The first-order chi connectivity index (χ1) is 9.50. The van der Waals surface area contributed by atoms with Gasteiger partial charge in [-0.3, -0.25) is 14.9 Å². The summed E-state index contributed by atoms with van der Waals surface area (Å²) < 4.78 is 27.2. The number of nitro benzene ring substituents is 1. The molecule has 0 atom stereocenters. The normalized spacial score (nSPS) is 11.1. The lowest BCUT2D eigenvalue weighted by atomic mass is 10.0. The van der Waals surface area contributed by atoms with Crippen molar-refractivity contribution < 1.29 is 28.4 Å². The zero-order valence-corrected chi connectivity index (χ0v) is 11.4. The number of hydrogen-bond donors (Lipinski definition) is 1. The SMILES string of the molecule is CN(C(=O)c1cc(F)cc([N+](=O)[O-])c1F)C(C)(C)C(=O)O. The van der Waals surface area contributed by atoms with E-state index in [4.69, 9.17) is 5.11 Å². The van der Waals surface area contributed by atoms with Gasteiger partial charge in [0.2, 0.25) is 5.82 Å². The van der Waals surface area contributed by atoms with Crippen LogP contribution in [0.25, 0.3) is 0 Å². The zero-order chi connectivity index (χ0) is 16.5. The molecular weight excluding hydrogens is 290 g/mol. The van der Waals surface area contributed by atoms with Crippen molar-refractivity contribution in [3.05, 3.63) is 39.4 Å². The van der Waals surface area contributed by atoms with Crippen molar-refractivity contribution in [2.75, 3.05) is 7.05 Å². The van der Waals surface area contributed by atoms with E-state index in [2.05, 4.69) is 0 Å². The van der Waals surface area contributed by atoms with Crippen LogP contribution < -0.4 is 0 Å². The number of benzene rings is 1. The van der Waals surface area contributed by atoms with E-state index in [9.17, 15) is 28.5 Å². The molecule has 0 spiro atoms. The molecule has 0 aliphatic heterocycles. The lowest BCUT2D eigenvalue weighted by molar-refractivity contribution is -0.387. The Labute approximate surface area is 117 Å². The van der Waals surface area contributed by atoms with Gasteiger partial charge in [-0.2, -0.15) is 4.39 Å². The summed E-state index contributed by atoms with van der Waals surface area (Å²) in [5, 5.41) is 19.6. The standard InChI is InChI=1S/C12H12F2N2O5/c1-12(2,11(18)19)15(3)10(17)7-4-6(13)5-8(9(7)14)16(20)21/h4-5H,1-3H3,(H,18,19). The molecular formula is C12H12F2N2O5. The van der Waals surface area contributed by atoms with Gasteiger partial charge in [0.1, 0.15) is 11.4 Å². The summed E-state index contributed by atoms with van der Waals surface area (Å²) in [6, 6.07) is 0.827. The van der Waals surface area contributed by atoms with Crippen molar-refractivity contribution in [1.82, 2.24) is 4.90 Å². The van der Waals surface area contributed by atoms with E-state index in [1.807, 2.05) is 0 Å². The van der Waals surface area contributed by atoms with Crippen molar-refractivity contribution in [2.24, 2.45) is 0 Å². The lowest BCUT2D eigenvalue weighted by Crippen LogP contribution is -2.51. The Hall–Kier alpha value is -2.58. The molecule has 1 amide bonds. The van der Waals surface area contributed by atoms with Gasteiger partial charge >= 0.3 is 11.7 Å². The molecule has 0 saturated carbocycles. The third-order valence-corrected chi connectivity index (χ3v) is 3.11. The number of carbonyl (C=O) groups excluding carboxylic acids is 1. The Morgan fingerprint density at radius 1 is 1.33 bits per heavy atom. The lowest BCUT2D eigenvalue weighted by Gasteiger charge is -2.31. The molecule has 0 unspecified atom stereocenters. The van der Waals surface area contributed by atoms with Crippen LogP contribution in [0.4, 0.5) is 14.5 Å². The zero-order valence-electron chi connectivity index (χ0n) is 11.4. The summed E-state index contributed by atoms with van der Waals surface area (Å²) in [6.07, 6.45) is 0. The van der Waals surface area contributed by atoms with Crippen molar-refractivity contribution >= 4 is 17.6 Å². The predicted molar refractivity (Wildman–Crippen MR) is 66.8 cm³/mol. The first-order valence-electron chi connectivity index (χ1n) is 5.65. The molecule has 7 nitrogen and oxygen atoms in total. The maximum atomic E-state index is 13.9. The van der Waals surface area contributed by atoms with Gasteiger partial charge in [0.15, 0.2) is 0 Å². The number of hydrogen-bond acceptors (Lipinski definition) is 4. The second-order valence-electron chi connectivity index (χ2n) is 4.77. The Morgan fingerprint density at radius 3 is 2.29 bits per heavy atom. The minimum Gasteiger partial charge on any atom is -0.480 e. The molecule has 0 aliphatic rings. The van der Waals surface area contributed by atoms with Crippen molar-refractivity contribution in [3.63, 3.8) is 0 Å². The monoisotopic (exact) mass is 302 g/mol. The minimum absolute atomic E-state index is 0.342. The van der Waals surface area contributed by atoms with E-state index in [1.165, 1.54) is 13.8 Å². The molecule has 0 aliphatic carbocycles. The van der Waals surface area contributed by atoms with Crippen LogP contribution in [0.1, 0.15) is 24.2 Å². The van der Waals surface area contributed by atoms with E-state index in [-0.39, 0.29) is 0 Å².